The molecule has 5 heteroatoms. The van der Waals surface area contributed by atoms with E-state index in [2.05, 4.69) is 27.2 Å². The number of aromatic amines is 1. The van der Waals surface area contributed by atoms with Crippen LogP contribution in [0.4, 0.5) is 0 Å². The van der Waals surface area contributed by atoms with Crippen LogP contribution in [-0.4, -0.2) is 19.7 Å². The average Bonchev–Trinajstić information content (AvgIpc) is 2.89. The number of hydrogen-bond acceptors (Lipinski definition) is 3. The quantitative estimate of drug-likeness (QED) is 0.732. The van der Waals surface area contributed by atoms with Gasteiger partial charge in [-0.1, -0.05) is 42.5 Å². The third kappa shape index (κ3) is 2.28. The van der Waals surface area contributed by atoms with E-state index in [1.54, 1.807) is 10.9 Å². The fraction of sp³-hybridized carbons (Fsp3) is 0.133. The number of H-pyrrole nitrogens is 1. The standard InChI is InChI=1S/C15H14N4S/c1-10-13(11-6-4-3-5-7-11)17-14(18-15(10)20)12-8-16-19(2)9-12/h3-9H,1-2H3,(H,17,18,20). The van der Waals surface area contributed by atoms with Crippen molar-refractivity contribution >= 4 is 12.2 Å². The molecule has 0 aliphatic rings. The lowest BCUT2D eigenvalue weighted by atomic mass is 10.1. The van der Waals surface area contributed by atoms with Gasteiger partial charge in [-0.2, -0.15) is 5.10 Å². The van der Waals surface area contributed by atoms with Crippen LogP contribution in [0.15, 0.2) is 42.7 Å². The lowest BCUT2D eigenvalue weighted by Crippen LogP contribution is -1.96. The molecule has 0 amide bonds. The molecular weight excluding hydrogens is 268 g/mol. The summed E-state index contributed by atoms with van der Waals surface area (Å²) in [4.78, 5) is 7.82. The fourth-order valence-electron chi connectivity index (χ4n) is 2.11. The minimum Gasteiger partial charge on any atom is -0.339 e. The lowest BCUT2D eigenvalue weighted by Gasteiger charge is -2.08. The third-order valence-electron chi connectivity index (χ3n) is 3.19. The Morgan fingerprint density at radius 1 is 1.15 bits per heavy atom. The van der Waals surface area contributed by atoms with Gasteiger partial charge in [-0.25, -0.2) is 4.98 Å². The molecule has 0 radical (unpaired) electrons. The van der Waals surface area contributed by atoms with Crippen molar-refractivity contribution < 1.29 is 0 Å². The molecular formula is C15H14N4S. The number of hydrogen-bond donors (Lipinski definition) is 1. The van der Waals surface area contributed by atoms with Crippen molar-refractivity contribution in [2.45, 2.75) is 6.92 Å². The van der Waals surface area contributed by atoms with Crippen LogP contribution in [0.2, 0.25) is 0 Å². The first-order chi connectivity index (χ1) is 9.65. The van der Waals surface area contributed by atoms with Crippen LogP contribution in [-0.2, 0) is 7.05 Å². The second-order valence-electron chi connectivity index (χ2n) is 4.66. The van der Waals surface area contributed by atoms with Gasteiger partial charge in [0.25, 0.3) is 0 Å². The molecule has 3 rings (SSSR count). The van der Waals surface area contributed by atoms with Crippen molar-refractivity contribution in [1.29, 1.82) is 0 Å². The third-order valence-corrected chi connectivity index (χ3v) is 3.59. The maximum Gasteiger partial charge on any atom is 0.142 e. The Labute approximate surface area is 122 Å². The molecule has 3 aromatic rings. The molecule has 100 valence electrons. The van der Waals surface area contributed by atoms with E-state index in [1.165, 1.54) is 0 Å². The van der Waals surface area contributed by atoms with E-state index in [4.69, 9.17) is 12.2 Å². The molecule has 0 spiro atoms. The number of aryl methyl sites for hydroxylation is 1. The molecule has 0 bridgehead atoms. The summed E-state index contributed by atoms with van der Waals surface area (Å²) < 4.78 is 2.36. The number of aromatic nitrogens is 4. The first-order valence-corrected chi connectivity index (χ1v) is 6.71. The lowest BCUT2D eigenvalue weighted by molar-refractivity contribution is 0.768. The Kier molecular flexibility index (Phi) is 3.20. The summed E-state index contributed by atoms with van der Waals surface area (Å²) in [5, 5.41) is 4.17. The maximum atomic E-state index is 5.38. The van der Waals surface area contributed by atoms with Crippen molar-refractivity contribution in [2.24, 2.45) is 7.05 Å². The summed E-state index contributed by atoms with van der Waals surface area (Å²) in [6.45, 7) is 1.99. The first kappa shape index (κ1) is 12.7. The van der Waals surface area contributed by atoms with Gasteiger partial charge in [0.05, 0.1) is 17.5 Å². The van der Waals surface area contributed by atoms with E-state index in [1.807, 2.05) is 38.4 Å². The Morgan fingerprint density at radius 2 is 1.90 bits per heavy atom. The van der Waals surface area contributed by atoms with Crippen LogP contribution in [0.1, 0.15) is 5.56 Å². The zero-order valence-electron chi connectivity index (χ0n) is 11.3. The molecule has 2 heterocycles. The van der Waals surface area contributed by atoms with Crippen LogP contribution in [0.3, 0.4) is 0 Å². The van der Waals surface area contributed by atoms with E-state index in [9.17, 15) is 0 Å². The highest BCUT2D eigenvalue weighted by atomic mass is 32.1. The van der Waals surface area contributed by atoms with Gasteiger partial charge in [0.2, 0.25) is 0 Å². The first-order valence-electron chi connectivity index (χ1n) is 6.30. The fourth-order valence-corrected chi connectivity index (χ4v) is 2.30. The van der Waals surface area contributed by atoms with Crippen molar-refractivity contribution in [2.75, 3.05) is 0 Å². The molecule has 0 unspecified atom stereocenters. The van der Waals surface area contributed by atoms with Gasteiger partial charge in [-0.3, -0.25) is 4.68 Å². The molecule has 0 atom stereocenters. The number of rotatable bonds is 2. The van der Waals surface area contributed by atoms with Crippen LogP contribution in [0.25, 0.3) is 22.6 Å². The van der Waals surface area contributed by atoms with Crippen LogP contribution < -0.4 is 0 Å². The topological polar surface area (TPSA) is 46.5 Å². The van der Waals surface area contributed by atoms with Crippen molar-refractivity contribution in [3.63, 3.8) is 0 Å². The second kappa shape index (κ2) is 5.02. The van der Waals surface area contributed by atoms with Crippen LogP contribution in [0.5, 0.6) is 0 Å². The van der Waals surface area contributed by atoms with Gasteiger partial charge in [-0.15, -0.1) is 0 Å². The monoisotopic (exact) mass is 282 g/mol. The van der Waals surface area contributed by atoms with Crippen LogP contribution >= 0.6 is 12.2 Å². The maximum absolute atomic E-state index is 5.38. The highest BCUT2D eigenvalue weighted by Crippen LogP contribution is 2.24. The average molecular weight is 282 g/mol. The van der Waals surface area contributed by atoms with Gasteiger partial charge < -0.3 is 4.98 Å². The molecule has 0 fully saturated rings. The summed E-state index contributed by atoms with van der Waals surface area (Å²) in [5.74, 6) is 0.743. The Bertz CT molecular complexity index is 802. The molecule has 0 aliphatic heterocycles. The normalized spacial score (nSPS) is 10.7. The smallest absolute Gasteiger partial charge is 0.142 e. The van der Waals surface area contributed by atoms with E-state index < -0.39 is 0 Å². The van der Waals surface area contributed by atoms with Crippen molar-refractivity contribution in [3.05, 3.63) is 52.9 Å². The Hall–Kier alpha value is -2.27. The van der Waals surface area contributed by atoms with E-state index >= 15 is 0 Å². The number of nitrogens with one attached hydrogen (secondary N) is 1. The second-order valence-corrected chi connectivity index (χ2v) is 5.05. The summed E-state index contributed by atoms with van der Waals surface area (Å²) in [6.07, 6.45) is 3.69. The van der Waals surface area contributed by atoms with Gasteiger partial charge >= 0.3 is 0 Å². The molecule has 2 aromatic heterocycles. The number of nitrogens with zero attached hydrogens (tertiary/aromatic N) is 3. The predicted molar refractivity (Wildman–Crippen MR) is 81.8 cm³/mol. The van der Waals surface area contributed by atoms with Crippen LogP contribution in [0, 0.1) is 11.6 Å². The Morgan fingerprint density at radius 3 is 2.55 bits per heavy atom. The Balaban J connectivity index is 2.21. The molecule has 0 saturated carbocycles. The molecule has 20 heavy (non-hydrogen) atoms. The van der Waals surface area contributed by atoms with Gasteiger partial charge in [0.1, 0.15) is 10.5 Å². The predicted octanol–water partition coefficient (Wildman–Crippen LogP) is 3.52. The van der Waals surface area contributed by atoms with E-state index in [-0.39, 0.29) is 0 Å². The van der Waals surface area contributed by atoms with Gasteiger partial charge in [-0.05, 0) is 12.5 Å². The minimum atomic E-state index is 0.612. The van der Waals surface area contributed by atoms with E-state index in [0.29, 0.717) is 4.64 Å². The zero-order valence-corrected chi connectivity index (χ0v) is 12.1. The van der Waals surface area contributed by atoms with E-state index in [0.717, 1.165) is 28.2 Å². The van der Waals surface area contributed by atoms with Crippen molar-refractivity contribution in [1.82, 2.24) is 19.7 Å². The summed E-state index contributed by atoms with van der Waals surface area (Å²) in [7, 11) is 1.88. The van der Waals surface area contributed by atoms with Gasteiger partial charge in [0.15, 0.2) is 0 Å². The SMILES string of the molecule is Cc1c(-c2ccccc2)[nH]c(-c2cnn(C)c2)nc1=S. The summed E-state index contributed by atoms with van der Waals surface area (Å²) in [6, 6.07) is 10.1. The van der Waals surface area contributed by atoms with Crippen molar-refractivity contribution in [3.8, 4) is 22.6 Å². The zero-order chi connectivity index (χ0) is 14.1. The highest BCUT2D eigenvalue weighted by Gasteiger charge is 2.09. The highest BCUT2D eigenvalue weighted by molar-refractivity contribution is 7.71. The molecule has 0 aliphatic carbocycles. The summed E-state index contributed by atoms with van der Waals surface area (Å²) in [5.41, 5.74) is 4.02. The van der Waals surface area contributed by atoms with Gasteiger partial charge in [0, 0.05) is 18.8 Å². The number of benzene rings is 1. The largest absolute Gasteiger partial charge is 0.339 e. The minimum absolute atomic E-state index is 0.612. The molecule has 1 N–H and O–H groups in total. The molecule has 0 saturated heterocycles. The molecule has 4 nitrogen and oxygen atoms in total. The molecule has 1 aromatic carbocycles. The summed E-state index contributed by atoms with van der Waals surface area (Å²) >= 11 is 5.38.